The third kappa shape index (κ3) is 1.57. The molecule has 6 heteroatoms. The fourth-order valence-corrected chi connectivity index (χ4v) is 1.13. The van der Waals surface area contributed by atoms with Crippen LogP contribution in [-0.4, -0.2) is 33.3 Å². The van der Waals surface area contributed by atoms with Gasteiger partial charge in [-0.2, -0.15) is 0 Å². The highest BCUT2D eigenvalue weighted by Gasteiger charge is 2.26. The molecule has 1 amide bonds. The minimum absolute atomic E-state index is 0.0400. The Morgan fingerprint density at radius 2 is 2.30 bits per heavy atom. The summed E-state index contributed by atoms with van der Waals surface area (Å²) in [7, 11) is 0. The van der Waals surface area contributed by atoms with Crippen molar-refractivity contribution in [2.45, 2.75) is 6.17 Å². The number of carbonyl (C=O) groups is 1. The molecule has 1 atom stereocenters. The van der Waals surface area contributed by atoms with Crippen LogP contribution in [0.1, 0.15) is 0 Å². The summed E-state index contributed by atoms with van der Waals surface area (Å²) in [6.07, 6.45) is -0.271. The molecular weight excluding hydrogens is 247 g/mol. The molecule has 10 heavy (non-hydrogen) atoms. The highest BCUT2D eigenvalue weighted by Crippen LogP contribution is 2.08. The van der Waals surface area contributed by atoms with Gasteiger partial charge in [0.15, 0.2) is 0 Å². The third-order valence-electron chi connectivity index (χ3n) is 1.29. The average molecular weight is 256 g/mol. The Kier molecular flexibility index (Phi) is 2.45. The van der Waals surface area contributed by atoms with E-state index < -0.39 is 0 Å². The van der Waals surface area contributed by atoms with Crippen molar-refractivity contribution in [3.8, 4) is 0 Å². The molecule has 0 aromatic carbocycles. The Hall–Kier alpha value is 0.0800. The van der Waals surface area contributed by atoms with Gasteiger partial charge in [-0.25, -0.2) is 5.01 Å². The minimum Gasteiger partial charge on any atom is -0.309 e. The summed E-state index contributed by atoms with van der Waals surface area (Å²) in [4.78, 5) is 10.9. The van der Waals surface area contributed by atoms with Gasteiger partial charge in [0, 0.05) is 6.54 Å². The first-order chi connectivity index (χ1) is 4.61. The van der Waals surface area contributed by atoms with Crippen molar-refractivity contribution in [1.29, 1.82) is 0 Å². The van der Waals surface area contributed by atoms with Crippen molar-refractivity contribution in [3.63, 3.8) is 0 Å². The van der Waals surface area contributed by atoms with E-state index in [9.17, 15) is 4.79 Å². The Morgan fingerprint density at radius 1 is 1.70 bits per heavy atom. The average Bonchev–Trinajstić information content (AvgIpc) is 1.82. The van der Waals surface area contributed by atoms with Crippen molar-refractivity contribution < 1.29 is 4.79 Å². The number of nitrogens with two attached hydrogens (primary N) is 2. The first kappa shape index (κ1) is 8.18. The summed E-state index contributed by atoms with van der Waals surface area (Å²) >= 11 is 1.90. The molecule has 1 rings (SSSR count). The summed E-state index contributed by atoms with van der Waals surface area (Å²) in [5.41, 5.74) is 5.54. The van der Waals surface area contributed by atoms with Crippen LogP contribution in [-0.2, 0) is 4.79 Å². The number of hydrogen-bond acceptors (Lipinski definition) is 4. The number of amides is 1. The fraction of sp³-hybridized carbons (Fsp3) is 0.750. The normalized spacial score (nSPS) is 29.3. The largest absolute Gasteiger partial charge is 0.309 e. The van der Waals surface area contributed by atoms with E-state index in [1.54, 1.807) is 0 Å². The predicted molar refractivity (Wildman–Crippen MR) is 44.6 cm³/mol. The molecule has 0 aliphatic carbocycles. The zero-order chi connectivity index (χ0) is 7.72. The number of halogens is 1. The van der Waals surface area contributed by atoms with Crippen LogP contribution in [0.4, 0.5) is 0 Å². The molecule has 1 aliphatic rings. The standard InChI is InChI=1S/C4H9IN4O/c5-9-3(6)1-8(7)2-4(9)10/h3H,1-2,6-7H2. The van der Waals surface area contributed by atoms with Crippen LogP contribution in [0.5, 0.6) is 0 Å². The fourth-order valence-electron chi connectivity index (χ4n) is 0.803. The molecular formula is C4H9IN4O. The molecule has 58 valence electrons. The van der Waals surface area contributed by atoms with Crippen LogP contribution in [0.25, 0.3) is 0 Å². The van der Waals surface area contributed by atoms with Crippen molar-refractivity contribution in [2.24, 2.45) is 11.6 Å². The summed E-state index contributed by atoms with van der Waals surface area (Å²) in [6, 6.07) is 0. The Balaban J connectivity index is 2.57. The highest BCUT2D eigenvalue weighted by atomic mass is 127. The van der Waals surface area contributed by atoms with Gasteiger partial charge in [0.2, 0.25) is 5.91 Å². The molecule has 5 nitrogen and oxygen atoms in total. The number of hydrazine groups is 1. The SMILES string of the molecule is NC1CN(N)CC(=O)N1I. The summed E-state index contributed by atoms with van der Waals surface area (Å²) in [6.45, 7) is 0.797. The van der Waals surface area contributed by atoms with E-state index in [1.165, 1.54) is 8.12 Å². The monoisotopic (exact) mass is 256 g/mol. The summed E-state index contributed by atoms with van der Waals surface area (Å²) < 4.78 is 1.47. The molecule has 4 N–H and O–H groups in total. The van der Waals surface area contributed by atoms with Gasteiger partial charge in [-0.3, -0.25) is 13.8 Å². The molecule has 0 aromatic heterocycles. The maximum Gasteiger partial charge on any atom is 0.248 e. The molecule has 0 radical (unpaired) electrons. The van der Waals surface area contributed by atoms with Gasteiger partial charge < -0.3 is 5.73 Å². The van der Waals surface area contributed by atoms with E-state index in [-0.39, 0.29) is 18.6 Å². The maximum atomic E-state index is 10.9. The van der Waals surface area contributed by atoms with Gasteiger partial charge in [-0.05, 0) is 0 Å². The molecule has 0 bridgehead atoms. The van der Waals surface area contributed by atoms with Crippen LogP contribution in [0.3, 0.4) is 0 Å². The Labute approximate surface area is 72.8 Å². The van der Waals surface area contributed by atoms with Gasteiger partial charge in [0.05, 0.1) is 29.4 Å². The van der Waals surface area contributed by atoms with Crippen LogP contribution in [0, 0.1) is 0 Å². The molecule has 0 spiro atoms. The minimum atomic E-state index is -0.271. The maximum absolute atomic E-state index is 10.9. The Morgan fingerprint density at radius 3 is 2.80 bits per heavy atom. The molecule has 1 aliphatic heterocycles. The second-order valence-corrected chi connectivity index (χ2v) is 3.24. The van der Waals surface area contributed by atoms with Gasteiger partial charge >= 0.3 is 0 Å². The number of hydrogen-bond donors (Lipinski definition) is 2. The van der Waals surface area contributed by atoms with Crippen molar-refractivity contribution in [1.82, 2.24) is 8.12 Å². The lowest BCUT2D eigenvalue weighted by Gasteiger charge is -2.32. The molecule has 1 unspecified atom stereocenters. The molecule has 0 aromatic rings. The number of rotatable bonds is 0. The smallest absolute Gasteiger partial charge is 0.248 e. The summed E-state index contributed by atoms with van der Waals surface area (Å²) in [5.74, 6) is 5.34. The second-order valence-electron chi connectivity index (χ2n) is 2.20. The van der Waals surface area contributed by atoms with E-state index >= 15 is 0 Å². The van der Waals surface area contributed by atoms with E-state index in [2.05, 4.69) is 0 Å². The Bertz CT molecular complexity index is 152. The summed E-state index contributed by atoms with van der Waals surface area (Å²) in [5, 5.41) is 1.42. The van der Waals surface area contributed by atoms with E-state index in [1.807, 2.05) is 22.9 Å². The van der Waals surface area contributed by atoms with Gasteiger partial charge in [-0.15, -0.1) is 0 Å². The van der Waals surface area contributed by atoms with E-state index in [0.29, 0.717) is 6.54 Å². The van der Waals surface area contributed by atoms with Crippen molar-refractivity contribution in [2.75, 3.05) is 13.1 Å². The van der Waals surface area contributed by atoms with Crippen LogP contribution in [0.15, 0.2) is 0 Å². The van der Waals surface area contributed by atoms with Gasteiger partial charge in [-0.1, -0.05) is 0 Å². The topological polar surface area (TPSA) is 75.6 Å². The number of piperazine rings is 1. The molecule has 1 saturated heterocycles. The van der Waals surface area contributed by atoms with Crippen LogP contribution < -0.4 is 11.6 Å². The van der Waals surface area contributed by atoms with Crippen molar-refractivity contribution >= 4 is 28.8 Å². The van der Waals surface area contributed by atoms with E-state index in [4.69, 9.17) is 11.6 Å². The molecule has 1 fully saturated rings. The van der Waals surface area contributed by atoms with Crippen LogP contribution >= 0.6 is 22.9 Å². The first-order valence-electron chi connectivity index (χ1n) is 2.84. The van der Waals surface area contributed by atoms with E-state index in [0.717, 1.165) is 0 Å². The lowest BCUT2D eigenvalue weighted by Crippen LogP contribution is -2.58. The first-order valence-corrected chi connectivity index (χ1v) is 3.81. The lowest BCUT2D eigenvalue weighted by atomic mass is 10.3. The van der Waals surface area contributed by atoms with Crippen molar-refractivity contribution in [3.05, 3.63) is 0 Å². The van der Waals surface area contributed by atoms with Gasteiger partial charge in [0.1, 0.15) is 6.17 Å². The second kappa shape index (κ2) is 2.99. The lowest BCUT2D eigenvalue weighted by molar-refractivity contribution is -0.131. The zero-order valence-electron chi connectivity index (χ0n) is 5.33. The number of nitrogens with zero attached hydrogens (tertiary/aromatic N) is 2. The molecule has 1 heterocycles. The van der Waals surface area contributed by atoms with Crippen LogP contribution in [0.2, 0.25) is 0 Å². The zero-order valence-corrected chi connectivity index (χ0v) is 7.48. The predicted octanol–water partition coefficient (Wildman–Crippen LogP) is -1.36. The molecule has 0 saturated carbocycles. The quantitative estimate of drug-likeness (QED) is 0.319. The van der Waals surface area contributed by atoms with Gasteiger partial charge in [0.25, 0.3) is 0 Å². The number of carbonyl (C=O) groups excluding carboxylic acids is 1. The highest BCUT2D eigenvalue weighted by molar-refractivity contribution is 14.1. The third-order valence-corrected chi connectivity index (χ3v) is 2.54.